The Hall–Kier alpha value is -4.37. The standard InChI is InChI=1S/C31H30N2O6S/c1-5-14-39-21-9-7-8-20(16-21)28(34)26-27(19-11-13-23(38-6-2)24(17-19)37-4)33(30(36)29(26)35)31-32-22-12-10-18(3)15-25(22)40-31/h7-13,15-17,27,34H,5-6,14H2,1-4H3. The maximum atomic E-state index is 13.6. The molecule has 1 aromatic heterocycles. The number of carbonyl (C=O) groups excluding carboxylic acids is 2. The van der Waals surface area contributed by atoms with Crippen LogP contribution in [-0.2, 0) is 9.59 Å². The van der Waals surface area contributed by atoms with Gasteiger partial charge in [0.2, 0.25) is 0 Å². The molecule has 1 unspecified atom stereocenters. The maximum Gasteiger partial charge on any atom is 0.301 e. The normalized spacial score (nSPS) is 16.5. The van der Waals surface area contributed by atoms with Crippen molar-refractivity contribution in [2.75, 3.05) is 25.2 Å². The van der Waals surface area contributed by atoms with Crippen LogP contribution in [0.25, 0.3) is 16.0 Å². The number of aromatic nitrogens is 1. The Morgan fingerprint density at radius 3 is 2.60 bits per heavy atom. The number of ketones is 1. The molecule has 206 valence electrons. The van der Waals surface area contributed by atoms with Crippen LogP contribution in [-0.4, -0.2) is 42.1 Å². The summed E-state index contributed by atoms with van der Waals surface area (Å²) in [7, 11) is 1.52. The Bertz CT molecular complexity index is 1630. The van der Waals surface area contributed by atoms with E-state index in [1.807, 2.05) is 39.0 Å². The summed E-state index contributed by atoms with van der Waals surface area (Å²) in [4.78, 5) is 33.3. The van der Waals surface area contributed by atoms with E-state index in [0.717, 1.165) is 22.2 Å². The number of thiazole rings is 1. The molecule has 1 atom stereocenters. The van der Waals surface area contributed by atoms with Gasteiger partial charge in [-0.15, -0.1) is 0 Å². The summed E-state index contributed by atoms with van der Waals surface area (Å²) in [5.74, 6) is -0.334. The number of benzene rings is 3. The summed E-state index contributed by atoms with van der Waals surface area (Å²) < 4.78 is 17.9. The molecule has 0 radical (unpaired) electrons. The molecule has 40 heavy (non-hydrogen) atoms. The largest absolute Gasteiger partial charge is 0.507 e. The van der Waals surface area contributed by atoms with Crippen LogP contribution in [0.4, 0.5) is 5.13 Å². The number of aryl methyl sites for hydroxylation is 1. The van der Waals surface area contributed by atoms with Gasteiger partial charge < -0.3 is 19.3 Å². The fourth-order valence-corrected chi connectivity index (χ4v) is 5.80. The quantitative estimate of drug-likeness (QED) is 0.144. The van der Waals surface area contributed by atoms with Crippen molar-refractivity contribution in [2.24, 2.45) is 0 Å². The monoisotopic (exact) mass is 558 g/mol. The van der Waals surface area contributed by atoms with Gasteiger partial charge in [0.05, 0.1) is 42.2 Å². The van der Waals surface area contributed by atoms with E-state index in [2.05, 4.69) is 0 Å². The number of hydrogen-bond donors (Lipinski definition) is 1. The molecule has 1 aliphatic heterocycles. The molecular formula is C31H30N2O6S. The molecule has 1 N–H and O–H groups in total. The van der Waals surface area contributed by atoms with E-state index >= 15 is 0 Å². The second kappa shape index (κ2) is 11.4. The van der Waals surface area contributed by atoms with E-state index in [1.165, 1.54) is 23.3 Å². The molecule has 2 heterocycles. The van der Waals surface area contributed by atoms with E-state index in [0.29, 0.717) is 46.7 Å². The number of ether oxygens (including phenoxy) is 3. The Morgan fingerprint density at radius 1 is 1.02 bits per heavy atom. The second-order valence-corrected chi connectivity index (χ2v) is 10.4. The van der Waals surface area contributed by atoms with Crippen molar-refractivity contribution < 1.29 is 28.9 Å². The fourth-order valence-electron chi connectivity index (χ4n) is 4.71. The molecular weight excluding hydrogens is 528 g/mol. The summed E-state index contributed by atoms with van der Waals surface area (Å²) in [6, 6.07) is 17.0. The molecule has 0 spiro atoms. The van der Waals surface area contributed by atoms with Gasteiger partial charge in [-0.05, 0) is 67.8 Å². The number of fused-ring (bicyclic) bond motifs is 1. The third-order valence-electron chi connectivity index (χ3n) is 6.57. The third kappa shape index (κ3) is 5.00. The third-order valence-corrected chi connectivity index (χ3v) is 7.58. The van der Waals surface area contributed by atoms with Gasteiger partial charge in [0.15, 0.2) is 16.6 Å². The Kier molecular flexibility index (Phi) is 7.75. The Labute approximate surface area is 236 Å². The van der Waals surface area contributed by atoms with Crippen molar-refractivity contribution in [3.8, 4) is 17.2 Å². The van der Waals surface area contributed by atoms with Crippen molar-refractivity contribution in [1.82, 2.24) is 4.98 Å². The molecule has 1 fully saturated rings. The number of aliphatic hydroxyl groups excluding tert-OH is 1. The van der Waals surface area contributed by atoms with Gasteiger partial charge >= 0.3 is 5.91 Å². The van der Waals surface area contributed by atoms with Gasteiger partial charge in [-0.25, -0.2) is 4.98 Å². The highest BCUT2D eigenvalue weighted by atomic mass is 32.1. The van der Waals surface area contributed by atoms with Crippen LogP contribution < -0.4 is 19.1 Å². The Morgan fingerprint density at radius 2 is 1.85 bits per heavy atom. The van der Waals surface area contributed by atoms with Crippen molar-refractivity contribution >= 4 is 44.1 Å². The molecule has 0 saturated carbocycles. The molecule has 1 saturated heterocycles. The maximum absolute atomic E-state index is 13.6. The van der Waals surface area contributed by atoms with E-state index in [-0.39, 0.29) is 11.3 Å². The summed E-state index contributed by atoms with van der Waals surface area (Å²) in [5, 5.41) is 11.9. The number of anilines is 1. The van der Waals surface area contributed by atoms with E-state index in [9.17, 15) is 14.7 Å². The molecule has 3 aromatic carbocycles. The lowest BCUT2D eigenvalue weighted by molar-refractivity contribution is -0.132. The van der Waals surface area contributed by atoms with Crippen LogP contribution in [0.5, 0.6) is 17.2 Å². The number of methoxy groups -OCH3 is 1. The molecule has 1 aliphatic rings. The lowest BCUT2D eigenvalue weighted by atomic mass is 9.95. The number of aliphatic hydroxyl groups is 1. The smallest absolute Gasteiger partial charge is 0.301 e. The summed E-state index contributed by atoms with van der Waals surface area (Å²) in [6.07, 6.45) is 0.822. The van der Waals surface area contributed by atoms with E-state index < -0.39 is 17.7 Å². The van der Waals surface area contributed by atoms with Crippen LogP contribution in [0.2, 0.25) is 0 Å². The SMILES string of the molecule is CCCOc1cccc(C(O)=C2C(=O)C(=O)N(c3nc4ccc(C)cc4s3)C2c2ccc(OCC)c(OC)c2)c1. The van der Waals surface area contributed by atoms with Gasteiger partial charge in [0.25, 0.3) is 5.78 Å². The van der Waals surface area contributed by atoms with Crippen LogP contribution in [0, 0.1) is 6.92 Å². The number of hydrogen-bond acceptors (Lipinski definition) is 8. The number of rotatable bonds is 9. The molecule has 1 amide bonds. The number of Topliss-reactive ketones (excluding diaryl/α,β-unsaturated/α-hetero) is 1. The molecule has 5 rings (SSSR count). The van der Waals surface area contributed by atoms with Crippen molar-refractivity contribution in [3.05, 3.63) is 82.9 Å². The zero-order valence-corrected chi connectivity index (χ0v) is 23.6. The first-order chi connectivity index (χ1) is 19.4. The van der Waals surface area contributed by atoms with Crippen LogP contribution in [0.15, 0.2) is 66.2 Å². The van der Waals surface area contributed by atoms with Crippen molar-refractivity contribution in [2.45, 2.75) is 33.2 Å². The van der Waals surface area contributed by atoms with Gasteiger partial charge in [-0.2, -0.15) is 0 Å². The summed E-state index contributed by atoms with van der Waals surface area (Å²) >= 11 is 1.32. The van der Waals surface area contributed by atoms with Gasteiger partial charge in [0, 0.05) is 5.56 Å². The predicted molar refractivity (Wildman–Crippen MR) is 156 cm³/mol. The van der Waals surface area contributed by atoms with Crippen molar-refractivity contribution in [3.63, 3.8) is 0 Å². The average molecular weight is 559 g/mol. The first-order valence-corrected chi connectivity index (χ1v) is 13.9. The van der Waals surface area contributed by atoms with Gasteiger partial charge in [0.1, 0.15) is 11.5 Å². The van der Waals surface area contributed by atoms with Gasteiger partial charge in [-0.1, -0.05) is 42.5 Å². The van der Waals surface area contributed by atoms with Crippen LogP contribution >= 0.6 is 11.3 Å². The zero-order valence-electron chi connectivity index (χ0n) is 22.8. The summed E-state index contributed by atoms with van der Waals surface area (Å²) in [5.41, 5.74) is 2.67. The molecule has 8 nitrogen and oxygen atoms in total. The predicted octanol–water partition coefficient (Wildman–Crippen LogP) is 6.43. The molecule has 9 heteroatoms. The van der Waals surface area contributed by atoms with Crippen LogP contribution in [0.3, 0.4) is 0 Å². The highest BCUT2D eigenvalue weighted by molar-refractivity contribution is 7.22. The second-order valence-electron chi connectivity index (χ2n) is 9.36. The highest BCUT2D eigenvalue weighted by Gasteiger charge is 2.48. The van der Waals surface area contributed by atoms with E-state index in [1.54, 1.807) is 42.5 Å². The summed E-state index contributed by atoms with van der Waals surface area (Å²) in [6.45, 7) is 6.80. The average Bonchev–Trinajstić information content (AvgIpc) is 3.49. The lowest BCUT2D eigenvalue weighted by Crippen LogP contribution is -2.29. The molecule has 0 bridgehead atoms. The van der Waals surface area contributed by atoms with E-state index in [4.69, 9.17) is 19.2 Å². The Balaban J connectivity index is 1.70. The highest BCUT2D eigenvalue weighted by Crippen LogP contribution is 2.46. The first kappa shape index (κ1) is 27.2. The minimum absolute atomic E-state index is 0.0423. The fraction of sp³-hybridized carbons (Fsp3) is 0.258. The minimum atomic E-state index is -0.952. The molecule has 0 aliphatic carbocycles. The number of carbonyl (C=O) groups is 2. The lowest BCUT2D eigenvalue weighted by Gasteiger charge is -2.24. The minimum Gasteiger partial charge on any atom is -0.507 e. The van der Waals surface area contributed by atoms with Crippen molar-refractivity contribution in [1.29, 1.82) is 0 Å². The van der Waals surface area contributed by atoms with Crippen LogP contribution in [0.1, 0.15) is 43.0 Å². The number of amides is 1. The zero-order chi connectivity index (χ0) is 28.4. The first-order valence-electron chi connectivity index (χ1n) is 13.1. The molecule has 4 aromatic rings. The topological polar surface area (TPSA) is 98.2 Å². The number of nitrogens with zero attached hydrogens (tertiary/aromatic N) is 2. The van der Waals surface area contributed by atoms with Gasteiger partial charge in [-0.3, -0.25) is 14.5 Å².